The highest BCUT2D eigenvalue weighted by Crippen LogP contribution is 2.23. The van der Waals surface area contributed by atoms with E-state index < -0.39 is 0 Å². The lowest BCUT2D eigenvalue weighted by Gasteiger charge is -2.23. The lowest BCUT2D eigenvalue weighted by molar-refractivity contribution is 0.144. The second-order valence-electron chi connectivity index (χ2n) is 5.73. The van der Waals surface area contributed by atoms with Crippen molar-refractivity contribution in [3.63, 3.8) is 0 Å². The van der Waals surface area contributed by atoms with Gasteiger partial charge in [0.05, 0.1) is 12.1 Å². The molecule has 100 valence electrons. The Bertz CT molecular complexity index is 358. The van der Waals surface area contributed by atoms with Crippen molar-refractivity contribution in [1.29, 1.82) is 0 Å². The molecule has 2 heteroatoms. The molecule has 2 atom stereocenters. The molecule has 0 bridgehead atoms. The van der Waals surface area contributed by atoms with Crippen LogP contribution in [0, 0.1) is 0 Å². The molecule has 0 saturated heterocycles. The van der Waals surface area contributed by atoms with Crippen LogP contribution in [0.3, 0.4) is 0 Å². The van der Waals surface area contributed by atoms with E-state index >= 15 is 0 Å². The van der Waals surface area contributed by atoms with Gasteiger partial charge in [-0.05, 0) is 36.5 Å². The molecule has 2 N–H and O–H groups in total. The summed E-state index contributed by atoms with van der Waals surface area (Å²) in [6.07, 6.45) is 5.44. The molecular formula is C16H25NO. The van der Waals surface area contributed by atoms with Crippen LogP contribution in [-0.4, -0.2) is 17.3 Å². The summed E-state index contributed by atoms with van der Waals surface area (Å²) >= 11 is 0. The zero-order valence-corrected chi connectivity index (χ0v) is 11.5. The van der Waals surface area contributed by atoms with Gasteiger partial charge in [0.1, 0.15) is 0 Å². The maximum atomic E-state index is 10.1. The van der Waals surface area contributed by atoms with Gasteiger partial charge in [-0.3, -0.25) is 0 Å². The van der Waals surface area contributed by atoms with Crippen LogP contribution in [0.5, 0.6) is 0 Å². The first-order chi connectivity index (χ1) is 8.66. The molecule has 0 heterocycles. The summed E-state index contributed by atoms with van der Waals surface area (Å²) in [5.41, 5.74) is 2.49. The van der Waals surface area contributed by atoms with Gasteiger partial charge in [0.15, 0.2) is 0 Å². The van der Waals surface area contributed by atoms with Crippen LogP contribution in [0.2, 0.25) is 0 Å². The first-order valence-electron chi connectivity index (χ1n) is 7.21. The van der Waals surface area contributed by atoms with Gasteiger partial charge in [0, 0.05) is 5.69 Å². The molecule has 0 aromatic heterocycles. The molecule has 1 saturated carbocycles. The van der Waals surface area contributed by atoms with Gasteiger partial charge in [-0.15, -0.1) is 0 Å². The SMILES string of the molecule is CC(C)c1ccc(NC2CCCCCC2O)cc1. The second-order valence-corrected chi connectivity index (χ2v) is 5.73. The highest BCUT2D eigenvalue weighted by atomic mass is 16.3. The molecule has 1 fully saturated rings. The fraction of sp³-hybridized carbons (Fsp3) is 0.625. The van der Waals surface area contributed by atoms with Gasteiger partial charge in [0.25, 0.3) is 0 Å². The van der Waals surface area contributed by atoms with Gasteiger partial charge in [-0.2, -0.15) is 0 Å². The fourth-order valence-electron chi connectivity index (χ4n) is 2.63. The number of nitrogens with one attached hydrogen (secondary N) is 1. The van der Waals surface area contributed by atoms with Gasteiger partial charge in [-0.25, -0.2) is 0 Å². The highest BCUT2D eigenvalue weighted by molar-refractivity contribution is 5.46. The molecule has 0 aliphatic heterocycles. The number of anilines is 1. The van der Waals surface area contributed by atoms with Crippen molar-refractivity contribution in [2.75, 3.05) is 5.32 Å². The minimum atomic E-state index is -0.197. The zero-order valence-electron chi connectivity index (χ0n) is 11.5. The molecule has 18 heavy (non-hydrogen) atoms. The van der Waals surface area contributed by atoms with E-state index in [4.69, 9.17) is 0 Å². The Morgan fingerprint density at radius 3 is 2.39 bits per heavy atom. The van der Waals surface area contributed by atoms with Crippen molar-refractivity contribution in [3.8, 4) is 0 Å². The fourth-order valence-corrected chi connectivity index (χ4v) is 2.63. The molecule has 1 aromatic carbocycles. The predicted molar refractivity (Wildman–Crippen MR) is 77.0 cm³/mol. The summed E-state index contributed by atoms with van der Waals surface area (Å²) in [5.74, 6) is 0.572. The monoisotopic (exact) mass is 247 g/mol. The molecule has 1 aliphatic rings. The Morgan fingerprint density at radius 1 is 1.06 bits per heavy atom. The first kappa shape index (κ1) is 13.4. The van der Waals surface area contributed by atoms with E-state index in [0.29, 0.717) is 5.92 Å². The number of aliphatic hydroxyl groups is 1. The van der Waals surface area contributed by atoms with Crippen molar-refractivity contribution in [2.24, 2.45) is 0 Å². The minimum absolute atomic E-state index is 0.197. The highest BCUT2D eigenvalue weighted by Gasteiger charge is 2.21. The van der Waals surface area contributed by atoms with E-state index in [9.17, 15) is 5.11 Å². The van der Waals surface area contributed by atoms with E-state index in [1.165, 1.54) is 18.4 Å². The largest absolute Gasteiger partial charge is 0.391 e. The van der Waals surface area contributed by atoms with Gasteiger partial charge in [0.2, 0.25) is 0 Å². The topological polar surface area (TPSA) is 32.3 Å². The van der Waals surface area contributed by atoms with Crippen LogP contribution in [0.1, 0.15) is 57.4 Å². The third kappa shape index (κ3) is 3.49. The van der Waals surface area contributed by atoms with Gasteiger partial charge < -0.3 is 10.4 Å². The van der Waals surface area contributed by atoms with E-state index in [1.54, 1.807) is 0 Å². The molecule has 1 aromatic rings. The summed E-state index contributed by atoms with van der Waals surface area (Å²) in [5, 5.41) is 13.6. The Labute approximate surface area is 110 Å². The number of aliphatic hydroxyl groups excluding tert-OH is 1. The number of benzene rings is 1. The lowest BCUT2D eigenvalue weighted by atomic mass is 10.0. The van der Waals surface area contributed by atoms with Crippen LogP contribution in [0.4, 0.5) is 5.69 Å². The molecule has 0 radical (unpaired) electrons. The molecule has 1 aliphatic carbocycles. The number of hydrogen-bond acceptors (Lipinski definition) is 2. The standard InChI is InChI=1S/C16H25NO/c1-12(2)13-8-10-14(11-9-13)17-15-6-4-3-5-7-16(15)18/h8-12,15-18H,3-7H2,1-2H3. The van der Waals surface area contributed by atoms with Crippen LogP contribution < -0.4 is 5.32 Å². The van der Waals surface area contributed by atoms with E-state index in [0.717, 1.165) is 24.9 Å². The van der Waals surface area contributed by atoms with E-state index in [-0.39, 0.29) is 12.1 Å². The molecule has 2 unspecified atom stereocenters. The average molecular weight is 247 g/mol. The number of rotatable bonds is 3. The van der Waals surface area contributed by atoms with Crippen molar-refractivity contribution >= 4 is 5.69 Å². The van der Waals surface area contributed by atoms with Crippen molar-refractivity contribution in [1.82, 2.24) is 0 Å². The minimum Gasteiger partial charge on any atom is -0.391 e. The quantitative estimate of drug-likeness (QED) is 0.794. The van der Waals surface area contributed by atoms with Crippen LogP contribution >= 0.6 is 0 Å². The van der Waals surface area contributed by atoms with E-state index in [2.05, 4.69) is 43.4 Å². The Morgan fingerprint density at radius 2 is 1.72 bits per heavy atom. The first-order valence-corrected chi connectivity index (χ1v) is 7.21. The third-order valence-corrected chi connectivity index (χ3v) is 3.91. The Hall–Kier alpha value is -1.02. The second kappa shape index (κ2) is 6.24. The third-order valence-electron chi connectivity index (χ3n) is 3.91. The Balaban J connectivity index is 1.99. The van der Waals surface area contributed by atoms with Gasteiger partial charge >= 0.3 is 0 Å². The molecule has 2 rings (SSSR count). The van der Waals surface area contributed by atoms with Crippen LogP contribution in [0.25, 0.3) is 0 Å². The maximum absolute atomic E-state index is 10.1. The smallest absolute Gasteiger partial charge is 0.0741 e. The normalized spacial score (nSPS) is 24.9. The van der Waals surface area contributed by atoms with Crippen LogP contribution in [0.15, 0.2) is 24.3 Å². The summed E-state index contributed by atoms with van der Waals surface area (Å²) in [6.45, 7) is 4.41. The average Bonchev–Trinajstić information content (AvgIpc) is 2.56. The van der Waals surface area contributed by atoms with Crippen LogP contribution in [-0.2, 0) is 0 Å². The van der Waals surface area contributed by atoms with E-state index in [1.807, 2.05) is 0 Å². The van der Waals surface area contributed by atoms with Crippen molar-refractivity contribution in [3.05, 3.63) is 29.8 Å². The molecule has 2 nitrogen and oxygen atoms in total. The number of hydrogen-bond donors (Lipinski definition) is 2. The summed E-state index contributed by atoms with van der Waals surface area (Å²) in [4.78, 5) is 0. The summed E-state index contributed by atoms with van der Waals surface area (Å²) in [7, 11) is 0. The van der Waals surface area contributed by atoms with Crippen molar-refractivity contribution in [2.45, 2.75) is 64.0 Å². The molecule has 0 spiro atoms. The van der Waals surface area contributed by atoms with Crippen molar-refractivity contribution < 1.29 is 5.11 Å². The molecule has 0 amide bonds. The maximum Gasteiger partial charge on any atom is 0.0741 e. The summed E-state index contributed by atoms with van der Waals surface area (Å²) in [6, 6.07) is 8.84. The zero-order chi connectivity index (χ0) is 13.0. The predicted octanol–water partition coefficient (Wildman–Crippen LogP) is 3.92. The summed E-state index contributed by atoms with van der Waals surface area (Å²) < 4.78 is 0. The lowest BCUT2D eigenvalue weighted by Crippen LogP contribution is -2.32. The van der Waals surface area contributed by atoms with Gasteiger partial charge in [-0.1, -0.05) is 45.2 Å². The Kier molecular flexibility index (Phi) is 4.65. The molecular weight excluding hydrogens is 222 g/mol.